The van der Waals surface area contributed by atoms with Crippen LogP contribution in [-0.4, -0.2) is 41.2 Å². The molecule has 7 heteroatoms. The molecule has 0 saturated carbocycles. The molecule has 2 rings (SSSR count). The highest BCUT2D eigenvalue weighted by molar-refractivity contribution is 5.39. The highest BCUT2D eigenvalue weighted by atomic mass is 16.6. The summed E-state index contributed by atoms with van der Waals surface area (Å²) in [5.74, 6) is 0.221. The Bertz CT molecular complexity index is 365. The summed E-state index contributed by atoms with van der Waals surface area (Å²) in [6.07, 6.45) is 1.40. The topological polar surface area (TPSA) is 81.4 Å². The van der Waals surface area contributed by atoms with Crippen molar-refractivity contribution >= 4 is 11.8 Å². The molecule has 1 fully saturated rings. The molecular weight excluding hydrogens is 200 g/mol. The third-order valence-electron chi connectivity index (χ3n) is 2.13. The van der Waals surface area contributed by atoms with E-state index < -0.39 is 4.92 Å². The van der Waals surface area contributed by atoms with Crippen molar-refractivity contribution in [3.63, 3.8) is 0 Å². The lowest BCUT2D eigenvalue weighted by Gasteiger charge is -2.25. The van der Waals surface area contributed by atoms with Crippen molar-refractivity contribution in [3.05, 3.63) is 22.4 Å². The van der Waals surface area contributed by atoms with Crippen LogP contribution in [-0.2, 0) is 4.74 Å². The quantitative estimate of drug-likeness (QED) is 0.513. The standard InChI is InChI=1S/C8H10N4O3/c13-12(14)8-9-2-1-7(10-8)11-3-5-15-6-4-11/h1-2H,3-6H2. The second kappa shape index (κ2) is 4.18. The summed E-state index contributed by atoms with van der Waals surface area (Å²) in [5.41, 5.74) is 0. The first kappa shape index (κ1) is 9.78. The Morgan fingerprint density at radius 1 is 1.47 bits per heavy atom. The number of nitrogens with zero attached hydrogens (tertiary/aromatic N) is 4. The average molecular weight is 210 g/mol. The Hall–Kier alpha value is -1.76. The number of hydrogen-bond donors (Lipinski definition) is 0. The lowest BCUT2D eigenvalue weighted by atomic mass is 10.4. The van der Waals surface area contributed by atoms with Crippen molar-refractivity contribution in [2.45, 2.75) is 0 Å². The maximum absolute atomic E-state index is 10.5. The van der Waals surface area contributed by atoms with Crippen LogP contribution in [0.25, 0.3) is 0 Å². The highest BCUT2D eigenvalue weighted by Gasteiger charge is 2.18. The molecule has 1 saturated heterocycles. The molecule has 0 bridgehead atoms. The van der Waals surface area contributed by atoms with Crippen molar-refractivity contribution in [3.8, 4) is 0 Å². The molecule has 0 spiro atoms. The van der Waals surface area contributed by atoms with Crippen LogP contribution in [0.2, 0.25) is 0 Å². The molecule has 80 valence electrons. The third-order valence-corrected chi connectivity index (χ3v) is 2.13. The van der Waals surface area contributed by atoms with Gasteiger partial charge in [0.2, 0.25) is 5.82 Å². The van der Waals surface area contributed by atoms with Gasteiger partial charge >= 0.3 is 5.95 Å². The van der Waals surface area contributed by atoms with Crippen molar-refractivity contribution < 1.29 is 9.66 Å². The molecule has 0 radical (unpaired) electrons. The first-order valence-corrected chi connectivity index (χ1v) is 4.57. The Balaban J connectivity index is 2.19. The van der Waals surface area contributed by atoms with E-state index in [0.717, 1.165) is 0 Å². The summed E-state index contributed by atoms with van der Waals surface area (Å²) in [7, 11) is 0. The van der Waals surface area contributed by atoms with E-state index in [0.29, 0.717) is 32.1 Å². The lowest BCUT2D eigenvalue weighted by Crippen LogP contribution is -2.36. The predicted octanol–water partition coefficient (Wildman–Crippen LogP) is 0.221. The molecular formula is C8H10N4O3. The summed E-state index contributed by atoms with van der Waals surface area (Å²) < 4.78 is 5.18. The number of aromatic nitrogens is 2. The fraction of sp³-hybridized carbons (Fsp3) is 0.500. The lowest BCUT2D eigenvalue weighted by molar-refractivity contribution is -0.394. The Labute approximate surface area is 85.9 Å². The molecule has 2 heterocycles. The SMILES string of the molecule is O=[N+]([O-])c1nccc(N2CCOCC2)n1. The number of ether oxygens (including phenoxy) is 1. The highest BCUT2D eigenvalue weighted by Crippen LogP contribution is 2.14. The fourth-order valence-electron chi connectivity index (χ4n) is 1.40. The summed E-state index contributed by atoms with van der Waals surface area (Å²) in [6.45, 7) is 2.65. The first-order valence-electron chi connectivity index (χ1n) is 4.57. The van der Waals surface area contributed by atoms with E-state index in [2.05, 4.69) is 9.97 Å². The van der Waals surface area contributed by atoms with Gasteiger partial charge in [0.05, 0.1) is 13.2 Å². The van der Waals surface area contributed by atoms with Gasteiger partial charge in [-0.2, -0.15) is 0 Å². The van der Waals surface area contributed by atoms with Crippen LogP contribution in [0.4, 0.5) is 11.8 Å². The van der Waals surface area contributed by atoms with E-state index in [-0.39, 0.29) is 5.95 Å². The monoisotopic (exact) mass is 210 g/mol. The van der Waals surface area contributed by atoms with Crippen LogP contribution in [0.5, 0.6) is 0 Å². The van der Waals surface area contributed by atoms with E-state index in [1.165, 1.54) is 6.20 Å². The van der Waals surface area contributed by atoms with Crippen LogP contribution >= 0.6 is 0 Å². The van der Waals surface area contributed by atoms with Gasteiger partial charge in [0.25, 0.3) is 0 Å². The molecule has 1 aliphatic heterocycles. The maximum atomic E-state index is 10.5. The minimum Gasteiger partial charge on any atom is -0.390 e. The molecule has 7 nitrogen and oxygen atoms in total. The molecule has 0 atom stereocenters. The van der Waals surface area contributed by atoms with Gasteiger partial charge in [-0.3, -0.25) is 0 Å². The van der Waals surface area contributed by atoms with E-state index in [9.17, 15) is 10.1 Å². The molecule has 1 aromatic rings. The third kappa shape index (κ3) is 2.18. The van der Waals surface area contributed by atoms with Gasteiger partial charge in [-0.1, -0.05) is 4.98 Å². The van der Waals surface area contributed by atoms with Crippen molar-refractivity contribution in [1.82, 2.24) is 9.97 Å². The Morgan fingerprint density at radius 3 is 2.87 bits per heavy atom. The summed E-state index contributed by atoms with van der Waals surface area (Å²) in [4.78, 5) is 19.2. The predicted molar refractivity (Wildman–Crippen MR) is 51.7 cm³/mol. The molecule has 0 unspecified atom stereocenters. The maximum Gasteiger partial charge on any atom is 0.470 e. The van der Waals surface area contributed by atoms with Gasteiger partial charge in [0, 0.05) is 19.2 Å². The first-order chi connectivity index (χ1) is 7.27. The average Bonchev–Trinajstić information content (AvgIpc) is 2.30. The molecule has 0 aliphatic carbocycles. The van der Waals surface area contributed by atoms with Crippen molar-refractivity contribution in [2.24, 2.45) is 0 Å². The molecule has 0 N–H and O–H groups in total. The zero-order valence-electron chi connectivity index (χ0n) is 8.00. The normalized spacial score (nSPS) is 16.4. The van der Waals surface area contributed by atoms with Crippen LogP contribution in [0.15, 0.2) is 12.3 Å². The van der Waals surface area contributed by atoms with Gasteiger partial charge in [-0.05, 0) is 9.91 Å². The van der Waals surface area contributed by atoms with Gasteiger partial charge in [-0.25, -0.2) is 0 Å². The Morgan fingerprint density at radius 2 is 2.20 bits per heavy atom. The number of morpholine rings is 1. The number of hydrogen-bond acceptors (Lipinski definition) is 6. The summed E-state index contributed by atoms with van der Waals surface area (Å²) in [6, 6.07) is 1.66. The van der Waals surface area contributed by atoms with E-state index in [1.54, 1.807) is 6.07 Å². The van der Waals surface area contributed by atoms with Crippen LogP contribution in [0, 0.1) is 10.1 Å². The molecule has 0 amide bonds. The second-order valence-corrected chi connectivity index (χ2v) is 3.07. The van der Waals surface area contributed by atoms with Crippen molar-refractivity contribution in [2.75, 3.05) is 31.2 Å². The largest absolute Gasteiger partial charge is 0.470 e. The summed E-state index contributed by atoms with van der Waals surface area (Å²) in [5, 5.41) is 10.5. The van der Waals surface area contributed by atoms with Gasteiger partial charge in [-0.15, -0.1) is 0 Å². The van der Waals surface area contributed by atoms with Crippen LogP contribution in [0.3, 0.4) is 0 Å². The summed E-state index contributed by atoms with van der Waals surface area (Å²) >= 11 is 0. The van der Waals surface area contributed by atoms with E-state index >= 15 is 0 Å². The second-order valence-electron chi connectivity index (χ2n) is 3.07. The molecule has 1 aliphatic rings. The smallest absolute Gasteiger partial charge is 0.390 e. The number of nitro groups is 1. The fourth-order valence-corrected chi connectivity index (χ4v) is 1.40. The van der Waals surface area contributed by atoms with Gasteiger partial charge in [0.15, 0.2) is 0 Å². The van der Waals surface area contributed by atoms with Crippen molar-refractivity contribution in [1.29, 1.82) is 0 Å². The zero-order valence-corrected chi connectivity index (χ0v) is 8.00. The Kier molecular flexibility index (Phi) is 2.72. The van der Waals surface area contributed by atoms with E-state index in [1.807, 2.05) is 4.90 Å². The molecule has 15 heavy (non-hydrogen) atoms. The molecule has 0 aromatic carbocycles. The minimum absolute atomic E-state index is 0.362. The van der Waals surface area contributed by atoms with Gasteiger partial charge < -0.3 is 19.8 Å². The van der Waals surface area contributed by atoms with Gasteiger partial charge in [0.1, 0.15) is 6.20 Å². The molecule has 1 aromatic heterocycles. The van der Waals surface area contributed by atoms with Crippen LogP contribution in [0.1, 0.15) is 0 Å². The zero-order chi connectivity index (χ0) is 10.7. The number of rotatable bonds is 2. The number of anilines is 1. The minimum atomic E-state index is -0.593. The van der Waals surface area contributed by atoms with E-state index in [4.69, 9.17) is 4.74 Å². The van der Waals surface area contributed by atoms with Crippen LogP contribution < -0.4 is 4.90 Å².